The van der Waals surface area contributed by atoms with Gasteiger partial charge in [-0.1, -0.05) is 6.92 Å². The van der Waals surface area contributed by atoms with Crippen molar-refractivity contribution < 1.29 is 4.74 Å². The van der Waals surface area contributed by atoms with Gasteiger partial charge in [-0.05, 0) is 31.2 Å². The van der Waals surface area contributed by atoms with Crippen molar-refractivity contribution in [3.63, 3.8) is 0 Å². The van der Waals surface area contributed by atoms with Crippen LogP contribution in [0.5, 0.6) is 0 Å². The van der Waals surface area contributed by atoms with Crippen LogP contribution in [-0.2, 0) is 11.2 Å². The van der Waals surface area contributed by atoms with Crippen LogP contribution in [0.1, 0.15) is 31.7 Å². The fraction of sp³-hybridized carbons (Fsp3) is 0.714. The monoisotopic (exact) mass is 264 g/mol. The standard InChI is InChI=1S/C14H24N4O/c1-3-12(15)8-11-9-16-14(17-10-11)18-6-4-13(19-2)5-7-18/h9-10,12-13H,3-8,15H2,1-2H3. The Hall–Kier alpha value is -1.20. The van der Waals surface area contributed by atoms with Crippen LogP contribution in [-0.4, -0.2) is 42.3 Å². The van der Waals surface area contributed by atoms with Gasteiger partial charge in [-0.25, -0.2) is 9.97 Å². The van der Waals surface area contributed by atoms with Crippen LogP contribution in [0.25, 0.3) is 0 Å². The molecule has 1 aliphatic heterocycles. The van der Waals surface area contributed by atoms with E-state index in [0.717, 1.165) is 50.3 Å². The molecule has 1 aromatic heterocycles. The maximum atomic E-state index is 5.94. The molecule has 0 saturated carbocycles. The third kappa shape index (κ3) is 3.88. The molecule has 2 N–H and O–H groups in total. The van der Waals surface area contributed by atoms with Crippen molar-refractivity contribution >= 4 is 5.95 Å². The molecule has 0 aromatic carbocycles. The molecule has 1 aromatic rings. The van der Waals surface area contributed by atoms with Crippen LogP contribution in [0.15, 0.2) is 12.4 Å². The summed E-state index contributed by atoms with van der Waals surface area (Å²) in [4.78, 5) is 11.1. The third-order valence-electron chi connectivity index (χ3n) is 3.77. The second-order valence-corrected chi connectivity index (χ2v) is 5.19. The first kappa shape index (κ1) is 14.2. The number of rotatable bonds is 5. The smallest absolute Gasteiger partial charge is 0.225 e. The molecule has 2 rings (SSSR count). The Morgan fingerprint density at radius 3 is 2.53 bits per heavy atom. The largest absolute Gasteiger partial charge is 0.381 e. The van der Waals surface area contributed by atoms with Crippen molar-refractivity contribution in [3.8, 4) is 0 Å². The van der Waals surface area contributed by atoms with Crippen molar-refractivity contribution in [3.05, 3.63) is 18.0 Å². The first-order valence-corrected chi connectivity index (χ1v) is 7.07. The van der Waals surface area contributed by atoms with Gasteiger partial charge in [0.25, 0.3) is 0 Å². The van der Waals surface area contributed by atoms with Crippen molar-refractivity contribution in [2.75, 3.05) is 25.1 Å². The van der Waals surface area contributed by atoms with Crippen molar-refractivity contribution in [1.82, 2.24) is 9.97 Å². The summed E-state index contributed by atoms with van der Waals surface area (Å²) in [6, 6.07) is 0.201. The number of anilines is 1. The van der Waals surface area contributed by atoms with E-state index < -0.39 is 0 Å². The molecule has 1 aliphatic rings. The summed E-state index contributed by atoms with van der Waals surface area (Å²) in [5.74, 6) is 0.823. The third-order valence-corrected chi connectivity index (χ3v) is 3.77. The van der Waals surface area contributed by atoms with Crippen molar-refractivity contribution in [2.24, 2.45) is 5.73 Å². The second-order valence-electron chi connectivity index (χ2n) is 5.19. The van der Waals surface area contributed by atoms with Gasteiger partial charge in [0.05, 0.1) is 6.10 Å². The Morgan fingerprint density at radius 1 is 1.37 bits per heavy atom. The molecule has 19 heavy (non-hydrogen) atoms. The molecular formula is C14H24N4O. The van der Waals surface area contributed by atoms with Crippen LogP contribution >= 0.6 is 0 Å². The molecule has 0 spiro atoms. The number of aromatic nitrogens is 2. The van der Waals surface area contributed by atoms with Gasteiger partial charge < -0.3 is 15.4 Å². The maximum absolute atomic E-state index is 5.94. The summed E-state index contributed by atoms with van der Waals surface area (Å²) in [5.41, 5.74) is 7.05. The highest BCUT2D eigenvalue weighted by Crippen LogP contribution is 2.17. The molecule has 0 radical (unpaired) electrons. The van der Waals surface area contributed by atoms with Crippen LogP contribution in [0.3, 0.4) is 0 Å². The van der Waals surface area contributed by atoms with E-state index in [2.05, 4.69) is 21.8 Å². The first-order chi connectivity index (χ1) is 9.22. The number of piperidine rings is 1. The number of nitrogens with two attached hydrogens (primary N) is 1. The lowest BCUT2D eigenvalue weighted by Crippen LogP contribution is -2.37. The fourth-order valence-electron chi connectivity index (χ4n) is 2.36. The topological polar surface area (TPSA) is 64.3 Å². The van der Waals surface area contributed by atoms with Gasteiger partial charge in [-0.15, -0.1) is 0 Å². The zero-order chi connectivity index (χ0) is 13.7. The molecule has 5 heteroatoms. The highest BCUT2D eigenvalue weighted by atomic mass is 16.5. The molecule has 1 atom stereocenters. The molecule has 1 fully saturated rings. The molecule has 106 valence electrons. The highest BCUT2D eigenvalue weighted by molar-refractivity contribution is 5.30. The van der Waals surface area contributed by atoms with Gasteiger partial charge in [0.1, 0.15) is 0 Å². The zero-order valence-electron chi connectivity index (χ0n) is 11.9. The summed E-state index contributed by atoms with van der Waals surface area (Å²) in [6.45, 7) is 4.03. The van der Waals surface area contributed by atoms with Gasteiger partial charge in [0.2, 0.25) is 5.95 Å². The minimum atomic E-state index is 0.201. The van der Waals surface area contributed by atoms with Crippen LogP contribution < -0.4 is 10.6 Å². The molecule has 0 aliphatic carbocycles. The lowest BCUT2D eigenvalue weighted by molar-refractivity contribution is 0.0816. The van der Waals surface area contributed by atoms with Gasteiger partial charge in [0, 0.05) is 38.6 Å². The normalized spacial score (nSPS) is 18.6. The van der Waals surface area contributed by atoms with E-state index in [1.807, 2.05) is 12.4 Å². The zero-order valence-corrected chi connectivity index (χ0v) is 11.9. The predicted octanol–water partition coefficient (Wildman–Crippen LogP) is 1.37. The summed E-state index contributed by atoms with van der Waals surface area (Å²) in [6.07, 6.45) is 8.11. The maximum Gasteiger partial charge on any atom is 0.225 e. The average Bonchev–Trinajstić information content (AvgIpc) is 2.48. The molecule has 0 bridgehead atoms. The Morgan fingerprint density at radius 2 is 2.00 bits per heavy atom. The van der Waals surface area contributed by atoms with Gasteiger partial charge in [-0.3, -0.25) is 0 Å². The molecular weight excluding hydrogens is 240 g/mol. The minimum absolute atomic E-state index is 0.201. The summed E-state index contributed by atoms with van der Waals surface area (Å²) in [7, 11) is 1.78. The van der Waals surface area contributed by atoms with Crippen LogP contribution in [0.2, 0.25) is 0 Å². The quantitative estimate of drug-likeness (QED) is 0.870. The second kappa shape index (κ2) is 6.82. The SMILES string of the molecule is CCC(N)Cc1cnc(N2CCC(OC)CC2)nc1. The Kier molecular flexibility index (Phi) is 5.10. The first-order valence-electron chi connectivity index (χ1n) is 7.07. The van der Waals surface area contributed by atoms with Gasteiger partial charge >= 0.3 is 0 Å². The number of hydrogen-bond acceptors (Lipinski definition) is 5. The number of nitrogens with zero attached hydrogens (tertiary/aromatic N) is 3. The molecule has 1 unspecified atom stereocenters. The van der Waals surface area contributed by atoms with Crippen molar-refractivity contribution in [1.29, 1.82) is 0 Å². The molecule has 0 amide bonds. The van der Waals surface area contributed by atoms with E-state index in [1.54, 1.807) is 7.11 Å². The van der Waals surface area contributed by atoms with E-state index in [1.165, 1.54) is 0 Å². The summed E-state index contributed by atoms with van der Waals surface area (Å²) in [5, 5.41) is 0. The van der Waals surface area contributed by atoms with E-state index in [-0.39, 0.29) is 6.04 Å². The fourth-order valence-corrected chi connectivity index (χ4v) is 2.36. The summed E-state index contributed by atoms with van der Waals surface area (Å²) >= 11 is 0. The summed E-state index contributed by atoms with van der Waals surface area (Å²) < 4.78 is 5.37. The van der Waals surface area contributed by atoms with Gasteiger partial charge in [0.15, 0.2) is 0 Å². The number of hydrogen-bond donors (Lipinski definition) is 1. The molecule has 5 nitrogen and oxygen atoms in total. The number of methoxy groups -OCH3 is 1. The lowest BCUT2D eigenvalue weighted by Gasteiger charge is -2.31. The number of ether oxygens (including phenoxy) is 1. The Bertz CT molecular complexity index is 374. The predicted molar refractivity (Wildman–Crippen MR) is 76.2 cm³/mol. The van der Waals surface area contributed by atoms with Crippen LogP contribution in [0.4, 0.5) is 5.95 Å². The Balaban J connectivity index is 1.91. The van der Waals surface area contributed by atoms with Crippen molar-refractivity contribution in [2.45, 2.75) is 44.8 Å². The van der Waals surface area contributed by atoms with E-state index in [9.17, 15) is 0 Å². The molecule has 1 saturated heterocycles. The molecule has 2 heterocycles. The van der Waals surface area contributed by atoms with Crippen LogP contribution in [0, 0.1) is 0 Å². The van der Waals surface area contributed by atoms with E-state index in [4.69, 9.17) is 10.5 Å². The Labute approximate surface area is 115 Å². The van der Waals surface area contributed by atoms with E-state index in [0.29, 0.717) is 6.10 Å². The lowest BCUT2D eigenvalue weighted by atomic mass is 10.1. The van der Waals surface area contributed by atoms with E-state index >= 15 is 0 Å². The minimum Gasteiger partial charge on any atom is -0.381 e. The van der Waals surface area contributed by atoms with Gasteiger partial charge in [-0.2, -0.15) is 0 Å². The average molecular weight is 264 g/mol. The highest BCUT2D eigenvalue weighted by Gasteiger charge is 2.20.